The highest BCUT2D eigenvalue weighted by Gasteiger charge is 2.14. The molecule has 0 aliphatic carbocycles. The number of rotatable bonds is 7. The van der Waals surface area contributed by atoms with Crippen molar-refractivity contribution in [2.45, 2.75) is 26.8 Å². The molecule has 0 aliphatic rings. The maximum Gasteiger partial charge on any atom is 0.236 e. The van der Waals surface area contributed by atoms with E-state index in [1.165, 1.54) is 0 Å². The van der Waals surface area contributed by atoms with Crippen LogP contribution in [0.3, 0.4) is 0 Å². The number of aliphatic hydroxyl groups excluding tert-OH is 1. The second-order valence-electron chi connectivity index (χ2n) is 4.45. The highest BCUT2D eigenvalue weighted by molar-refractivity contribution is 7.13. The van der Waals surface area contributed by atoms with E-state index in [1.54, 1.807) is 11.3 Å². The van der Waals surface area contributed by atoms with Crippen molar-refractivity contribution in [1.82, 2.24) is 9.88 Å². The van der Waals surface area contributed by atoms with Crippen LogP contribution in [0.5, 0.6) is 0 Å². The average molecular weight is 280 g/mol. The fraction of sp³-hybridized carbons (Fsp3) is 0.500. The molecule has 0 bridgehead atoms. The summed E-state index contributed by atoms with van der Waals surface area (Å²) in [4.78, 5) is 7.91. The topological polar surface area (TPSA) is 49.5 Å². The lowest BCUT2D eigenvalue weighted by Crippen LogP contribution is -2.25. The standard InChI is InChI=1S/C14H20N2O2S/c1-3-16(7-5-8-17)10-12-11(2)18-14(15-12)13-6-4-9-19-13/h4,6,9,17H,3,5,7-8,10H2,1-2H3. The lowest BCUT2D eigenvalue weighted by Gasteiger charge is -2.18. The summed E-state index contributed by atoms with van der Waals surface area (Å²) < 4.78 is 5.73. The van der Waals surface area contributed by atoms with Gasteiger partial charge in [-0.2, -0.15) is 0 Å². The molecule has 0 unspecified atom stereocenters. The predicted molar refractivity (Wildman–Crippen MR) is 77.2 cm³/mol. The number of hydrogen-bond acceptors (Lipinski definition) is 5. The highest BCUT2D eigenvalue weighted by atomic mass is 32.1. The summed E-state index contributed by atoms with van der Waals surface area (Å²) in [5, 5.41) is 10.9. The lowest BCUT2D eigenvalue weighted by molar-refractivity contribution is 0.223. The monoisotopic (exact) mass is 280 g/mol. The molecule has 0 aromatic carbocycles. The summed E-state index contributed by atoms with van der Waals surface area (Å²) in [6.45, 7) is 6.91. The van der Waals surface area contributed by atoms with E-state index in [9.17, 15) is 0 Å². The first-order valence-electron chi connectivity index (χ1n) is 6.58. The highest BCUT2D eigenvalue weighted by Crippen LogP contribution is 2.26. The zero-order valence-electron chi connectivity index (χ0n) is 11.4. The van der Waals surface area contributed by atoms with Crippen LogP contribution in [0, 0.1) is 6.92 Å². The Labute approximate surface area is 117 Å². The van der Waals surface area contributed by atoms with Crippen LogP contribution in [-0.4, -0.2) is 34.7 Å². The van der Waals surface area contributed by atoms with E-state index in [1.807, 2.05) is 24.4 Å². The van der Waals surface area contributed by atoms with Gasteiger partial charge in [-0.3, -0.25) is 4.90 Å². The number of hydrogen-bond donors (Lipinski definition) is 1. The molecular formula is C14H20N2O2S. The molecule has 0 fully saturated rings. The van der Waals surface area contributed by atoms with E-state index in [0.717, 1.165) is 42.4 Å². The Balaban J connectivity index is 2.08. The van der Waals surface area contributed by atoms with Crippen molar-refractivity contribution in [3.8, 4) is 10.8 Å². The molecule has 104 valence electrons. The summed E-state index contributed by atoms with van der Waals surface area (Å²) in [6.07, 6.45) is 0.794. The van der Waals surface area contributed by atoms with E-state index >= 15 is 0 Å². The maximum absolute atomic E-state index is 8.90. The Morgan fingerprint density at radius 1 is 1.47 bits per heavy atom. The van der Waals surface area contributed by atoms with Crippen LogP contribution in [0.1, 0.15) is 24.8 Å². The molecular weight excluding hydrogens is 260 g/mol. The third kappa shape index (κ3) is 3.65. The fourth-order valence-corrected chi connectivity index (χ4v) is 2.58. The van der Waals surface area contributed by atoms with Crippen LogP contribution in [0.2, 0.25) is 0 Å². The number of nitrogens with zero attached hydrogens (tertiary/aromatic N) is 2. The van der Waals surface area contributed by atoms with E-state index in [-0.39, 0.29) is 6.61 Å². The van der Waals surface area contributed by atoms with Gasteiger partial charge in [0.2, 0.25) is 5.89 Å². The minimum absolute atomic E-state index is 0.231. The lowest BCUT2D eigenvalue weighted by atomic mass is 10.3. The fourth-order valence-electron chi connectivity index (χ4n) is 1.94. The molecule has 0 saturated carbocycles. The van der Waals surface area contributed by atoms with Gasteiger partial charge in [0.1, 0.15) is 5.76 Å². The molecule has 0 amide bonds. The largest absolute Gasteiger partial charge is 0.440 e. The molecule has 0 aliphatic heterocycles. The van der Waals surface area contributed by atoms with Crippen LogP contribution >= 0.6 is 11.3 Å². The summed E-state index contributed by atoms with van der Waals surface area (Å²) in [6, 6.07) is 4.02. The molecule has 0 saturated heterocycles. The third-order valence-corrected chi connectivity index (χ3v) is 3.94. The minimum atomic E-state index is 0.231. The zero-order valence-corrected chi connectivity index (χ0v) is 12.2. The van der Waals surface area contributed by atoms with Crippen molar-refractivity contribution >= 4 is 11.3 Å². The number of aryl methyl sites for hydroxylation is 1. The van der Waals surface area contributed by atoms with Crippen molar-refractivity contribution in [2.75, 3.05) is 19.7 Å². The van der Waals surface area contributed by atoms with Gasteiger partial charge in [-0.25, -0.2) is 4.98 Å². The van der Waals surface area contributed by atoms with E-state index in [0.29, 0.717) is 5.89 Å². The molecule has 2 rings (SSSR count). The molecule has 2 aromatic heterocycles. The Bertz CT molecular complexity index is 494. The van der Waals surface area contributed by atoms with Gasteiger partial charge in [-0.05, 0) is 31.3 Å². The van der Waals surface area contributed by atoms with Gasteiger partial charge in [-0.15, -0.1) is 11.3 Å². The minimum Gasteiger partial charge on any atom is -0.440 e. The van der Waals surface area contributed by atoms with Crippen molar-refractivity contribution in [1.29, 1.82) is 0 Å². The average Bonchev–Trinajstić information content (AvgIpc) is 3.04. The Morgan fingerprint density at radius 2 is 2.32 bits per heavy atom. The first-order valence-corrected chi connectivity index (χ1v) is 7.46. The number of oxazole rings is 1. The van der Waals surface area contributed by atoms with Crippen LogP contribution in [-0.2, 0) is 6.54 Å². The molecule has 5 heteroatoms. The van der Waals surface area contributed by atoms with Crippen LogP contribution in [0.15, 0.2) is 21.9 Å². The van der Waals surface area contributed by atoms with Crippen LogP contribution in [0.25, 0.3) is 10.8 Å². The molecule has 2 heterocycles. The van der Waals surface area contributed by atoms with Gasteiger partial charge in [0.05, 0.1) is 10.6 Å². The van der Waals surface area contributed by atoms with Crippen molar-refractivity contribution in [3.63, 3.8) is 0 Å². The number of aliphatic hydroxyl groups is 1. The maximum atomic E-state index is 8.90. The molecule has 2 aromatic rings. The molecule has 1 N–H and O–H groups in total. The quantitative estimate of drug-likeness (QED) is 0.847. The SMILES string of the molecule is CCN(CCCO)Cc1nc(-c2cccs2)oc1C. The smallest absolute Gasteiger partial charge is 0.236 e. The van der Waals surface area contributed by atoms with E-state index in [2.05, 4.69) is 16.8 Å². The van der Waals surface area contributed by atoms with Crippen LogP contribution < -0.4 is 0 Å². The number of aromatic nitrogens is 1. The first-order chi connectivity index (χ1) is 9.24. The molecule has 0 atom stereocenters. The predicted octanol–water partition coefficient (Wildman–Crippen LogP) is 2.92. The third-order valence-electron chi connectivity index (χ3n) is 3.08. The molecule has 0 spiro atoms. The summed E-state index contributed by atoms with van der Waals surface area (Å²) in [5.74, 6) is 1.59. The van der Waals surface area contributed by atoms with Gasteiger partial charge < -0.3 is 9.52 Å². The molecule has 4 nitrogen and oxygen atoms in total. The van der Waals surface area contributed by atoms with Gasteiger partial charge in [-0.1, -0.05) is 13.0 Å². The molecule has 0 radical (unpaired) electrons. The van der Waals surface area contributed by atoms with Gasteiger partial charge in [0.25, 0.3) is 0 Å². The van der Waals surface area contributed by atoms with E-state index in [4.69, 9.17) is 9.52 Å². The van der Waals surface area contributed by atoms with Gasteiger partial charge in [0, 0.05) is 19.7 Å². The van der Waals surface area contributed by atoms with Crippen molar-refractivity contribution in [2.24, 2.45) is 0 Å². The second-order valence-corrected chi connectivity index (χ2v) is 5.39. The number of thiophene rings is 1. The van der Waals surface area contributed by atoms with Crippen molar-refractivity contribution < 1.29 is 9.52 Å². The molecule has 19 heavy (non-hydrogen) atoms. The first kappa shape index (κ1) is 14.2. The zero-order chi connectivity index (χ0) is 13.7. The van der Waals surface area contributed by atoms with Crippen LogP contribution in [0.4, 0.5) is 0 Å². The Kier molecular flexibility index (Phi) is 5.13. The van der Waals surface area contributed by atoms with Gasteiger partial charge >= 0.3 is 0 Å². The summed E-state index contributed by atoms with van der Waals surface area (Å²) in [7, 11) is 0. The van der Waals surface area contributed by atoms with Crippen molar-refractivity contribution in [3.05, 3.63) is 29.0 Å². The second kappa shape index (κ2) is 6.84. The Hall–Kier alpha value is -1.17. The normalized spacial score (nSPS) is 11.4. The van der Waals surface area contributed by atoms with Gasteiger partial charge in [0.15, 0.2) is 0 Å². The summed E-state index contributed by atoms with van der Waals surface area (Å²) in [5.41, 5.74) is 0.989. The van der Waals surface area contributed by atoms with E-state index < -0.39 is 0 Å². The summed E-state index contributed by atoms with van der Waals surface area (Å²) >= 11 is 1.63. The Morgan fingerprint density at radius 3 is 2.95 bits per heavy atom.